The molecule has 0 unspecified atom stereocenters. The van der Waals surface area contributed by atoms with Gasteiger partial charge in [0.2, 0.25) is 0 Å². The summed E-state index contributed by atoms with van der Waals surface area (Å²) in [7, 11) is 3.11. The average Bonchev–Trinajstić information content (AvgIpc) is 3.13. The second-order valence-corrected chi connectivity index (χ2v) is 6.58. The molecule has 0 saturated carbocycles. The van der Waals surface area contributed by atoms with Crippen LogP contribution in [0.2, 0.25) is 5.02 Å². The molecule has 3 rings (SSSR count). The lowest BCUT2D eigenvalue weighted by Gasteiger charge is -2.09. The maximum absolute atomic E-state index is 13.2. The summed E-state index contributed by atoms with van der Waals surface area (Å²) in [6.07, 6.45) is 0. The molecule has 6 nitrogen and oxygen atoms in total. The second kappa shape index (κ2) is 8.24. The fourth-order valence-corrected chi connectivity index (χ4v) is 3.13. The van der Waals surface area contributed by atoms with Gasteiger partial charge in [-0.3, -0.25) is 4.79 Å². The summed E-state index contributed by atoms with van der Waals surface area (Å²) in [4.78, 5) is 16.5. The fourth-order valence-electron chi connectivity index (χ4n) is 2.24. The number of carbonyl (C=O) groups is 1. The quantitative estimate of drug-likeness (QED) is 0.605. The third-order valence-corrected chi connectivity index (χ3v) is 4.60. The number of hydrogen-bond donors (Lipinski definition) is 2. The van der Waals surface area contributed by atoms with Crippen molar-refractivity contribution >= 4 is 45.4 Å². The van der Waals surface area contributed by atoms with Crippen LogP contribution in [0.15, 0.2) is 41.8 Å². The first-order chi connectivity index (χ1) is 13.0. The Kier molecular flexibility index (Phi) is 5.78. The summed E-state index contributed by atoms with van der Waals surface area (Å²) in [5.41, 5.74) is 1.34. The minimum atomic E-state index is -0.551. The van der Waals surface area contributed by atoms with Crippen LogP contribution in [0.4, 0.5) is 20.9 Å². The zero-order valence-corrected chi connectivity index (χ0v) is 16.0. The predicted octanol–water partition coefficient (Wildman–Crippen LogP) is 4.95. The van der Waals surface area contributed by atoms with Crippen molar-refractivity contribution in [1.82, 2.24) is 4.98 Å². The number of amides is 1. The maximum Gasteiger partial charge on any atom is 0.275 e. The summed E-state index contributed by atoms with van der Waals surface area (Å²) >= 11 is 6.99. The number of aromatic nitrogens is 1. The number of thiazole rings is 1. The summed E-state index contributed by atoms with van der Waals surface area (Å²) in [5, 5.41) is 7.81. The summed E-state index contributed by atoms with van der Waals surface area (Å²) in [6, 6.07) is 9.28. The van der Waals surface area contributed by atoms with E-state index < -0.39 is 11.7 Å². The number of methoxy groups -OCH3 is 2. The van der Waals surface area contributed by atoms with Crippen LogP contribution in [0.5, 0.6) is 11.5 Å². The number of anilines is 3. The van der Waals surface area contributed by atoms with Crippen molar-refractivity contribution in [3.05, 3.63) is 58.3 Å². The van der Waals surface area contributed by atoms with Gasteiger partial charge in [0, 0.05) is 22.8 Å². The molecule has 2 N–H and O–H groups in total. The zero-order valence-electron chi connectivity index (χ0n) is 14.4. The third-order valence-electron chi connectivity index (χ3n) is 3.55. The van der Waals surface area contributed by atoms with Crippen molar-refractivity contribution in [3.63, 3.8) is 0 Å². The van der Waals surface area contributed by atoms with Crippen molar-refractivity contribution in [3.8, 4) is 11.5 Å². The lowest BCUT2D eigenvalue weighted by molar-refractivity contribution is 0.102. The van der Waals surface area contributed by atoms with Crippen LogP contribution < -0.4 is 20.1 Å². The third kappa shape index (κ3) is 4.47. The van der Waals surface area contributed by atoms with Crippen LogP contribution in [-0.4, -0.2) is 25.1 Å². The number of nitrogens with zero attached hydrogens (tertiary/aromatic N) is 1. The molecule has 1 heterocycles. The molecule has 0 saturated heterocycles. The maximum atomic E-state index is 13.2. The fraction of sp³-hybridized carbons (Fsp3) is 0.111. The summed E-state index contributed by atoms with van der Waals surface area (Å²) in [6.45, 7) is 0. The molecule has 0 aliphatic rings. The number of benzene rings is 2. The molecule has 0 aliphatic heterocycles. The van der Waals surface area contributed by atoms with Gasteiger partial charge in [-0.15, -0.1) is 11.3 Å². The van der Waals surface area contributed by atoms with E-state index in [1.165, 1.54) is 29.5 Å². The summed E-state index contributed by atoms with van der Waals surface area (Å²) in [5.74, 6) is 0.212. The van der Waals surface area contributed by atoms with Gasteiger partial charge in [0.15, 0.2) is 16.6 Å². The highest BCUT2D eigenvalue weighted by Gasteiger charge is 2.13. The van der Waals surface area contributed by atoms with Crippen LogP contribution in [0.25, 0.3) is 0 Å². The normalized spacial score (nSPS) is 10.4. The Morgan fingerprint density at radius 1 is 1.11 bits per heavy atom. The topological polar surface area (TPSA) is 72.5 Å². The zero-order chi connectivity index (χ0) is 19.4. The van der Waals surface area contributed by atoms with E-state index in [0.29, 0.717) is 22.3 Å². The molecule has 140 valence electrons. The van der Waals surface area contributed by atoms with Crippen LogP contribution in [0.3, 0.4) is 0 Å². The van der Waals surface area contributed by atoms with E-state index in [1.54, 1.807) is 31.7 Å². The van der Waals surface area contributed by atoms with Gasteiger partial charge >= 0.3 is 0 Å². The monoisotopic (exact) mass is 407 g/mol. The van der Waals surface area contributed by atoms with E-state index in [9.17, 15) is 9.18 Å². The second-order valence-electron chi connectivity index (χ2n) is 5.32. The van der Waals surface area contributed by atoms with E-state index in [0.717, 1.165) is 5.69 Å². The largest absolute Gasteiger partial charge is 0.493 e. The van der Waals surface area contributed by atoms with E-state index in [4.69, 9.17) is 21.1 Å². The molecule has 1 aromatic heterocycles. The van der Waals surface area contributed by atoms with Gasteiger partial charge in [0.05, 0.1) is 19.2 Å². The molecule has 0 spiro atoms. The first-order valence-electron chi connectivity index (χ1n) is 7.71. The molecule has 2 aromatic carbocycles. The number of rotatable bonds is 6. The highest BCUT2D eigenvalue weighted by molar-refractivity contribution is 7.14. The number of halogens is 2. The molecule has 3 aromatic rings. The van der Waals surface area contributed by atoms with E-state index in [-0.39, 0.29) is 10.7 Å². The number of nitrogens with one attached hydrogen (secondary N) is 2. The molecular weight excluding hydrogens is 393 g/mol. The van der Waals surface area contributed by atoms with Crippen molar-refractivity contribution in [2.45, 2.75) is 0 Å². The Labute approximate surface area is 163 Å². The summed E-state index contributed by atoms with van der Waals surface area (Å²) < 4.78 is 23.6. The average molecular weight is 408 g/mol. The SMILES string of the molecule is COc1ccc(Nc2nc(C(=O)Nc3ccc(F)c(Cl)c3)cs2)cc1OC. The van der Waals surface area contributed by atoms with Crippen LogP contribution in [0, 0.1) is 5.82 Å². The number of hydrogen-bond acceptors (Lipinski definition) is 6. The lowest BCUT2D eigenvalue weighted by Crippen LogP contribution is -2.12. The molecule has 0 radical (unpaired) electrons. The molecule has 0 atom stereocenters. The Balaban J connectivity index is 1.70. The standard InChI is InChI=1S/C18H15ClFN3O3S/c1-25-15-6-4-11(8-16(15)26-2)22-18-23-14(9-27-18)17(24)21-10-3-5-13(20)12(19)7-10/h3-9H,1-2H3,(H,21,24)(H,22,23). The first-order valence-corrected chi connectivity index (χ1v) is 8.97. The Morgan fingerprint density at radius 3 is 2.56 bits per heavy atom. The molecule has 0 bridgehead atoms. The van der Waals surface area contributed by atoms with E-state index in [1.807, 2.05) is 6.07 Å². The van der Waals surface area contributed by atoms with E-state index >= 15 is 0 Å². The molecule has 0 aliphatic carbocycles. The Morgan fingerprint density at radius 2 is 1.85 bits per heavy atom. The van der Waals surface area contributed by atoms with E-state index in [2.05, 4.69) is 15.6 Å². The van der Waals surface area contributed by atoms with Gasteiger partial charge in [-0.1, -0.05) is 11.6 Å². The van der Waals surface area contributed by atoms with Crippen molar-refractivity contribution in [2.24, 2.45) is 0 Å². The van der Waals surface area contributed by atoms with Crippen LogP contribution in [0.1, 0.15) is 10.5 Å². The predicted molar refractivity (Wildman–Crippen MR) is 104 cm³/mol. The molecule has 9 heteroatoms. The van der Waals surface area contributed by atoms with Gasteiger partial charge in [-0.25, -0.2) is 9.37 Å². The minimum absolute atomic E-state index is 0.0677. The van der Waals surface area contributed by atoms with Gasteiger partial charge in [0.1, 0.15) is 11.5 Å². The smallest absolute Gasteiger partial charge is 0.275 e. The Hall–Kier alpha value is -2.84. The first kappa shape index (κ1) is 18.9. The van der Waals surface area contributed by atoms with Crippen molar-refractivity contribution < 1.29 is 18.7 Å². The molecule has 1 amide bonds. The molecule has 27 heavy (non-hydrogen) atoms. The van der Waals surface area contributed by atoms with Gasteiger partial charge < -0.3 is 20.1 Å². The van der Waals surface area contributed by atoms with Crippen molar-refractivity contribution in [1.29, 1.82) is 0 Å². The number of carbonyl (C=O) groups excluding carboxylic acids is 1. The van der Waals surface area contributed by atoms with Gasteiger partial charge in [-0.2, -0.15) is 0 Å². The number of ether oxygens (including phenoxy) is 2. The van der Waals surface area contributed by atoms with Gasteiger partial charge in [0.25, 0.3) is 5.91 Å². The Bertz CT molecular complexity index is 980. The highest BCUT2D eigenvalue weighted by atomic mass is 35.5. The van der Waals surface area contributed by atoms with Crippen LogP contribution >= 0.6 is 22.9 Å². The highest BCUT2D eigenvalue weighted by Crippen LogP contribution is 2.31. The lowest BCUT2D eigenvalue weighted by atomic mass is 10.3. The molecular formula is C18H15ClFN3O3S. The van der Waals surface area contributed by atoms with Crippen molar-refractivity contribution in [2.75, 3.05) is 24.9 Å². The van der Waals surface area contributed by atoms with Crippen LogP contribution in [-0.2, 0) is 0 Å². The molecule has 0 fully saturated rings. The van der Waals surface area contributed by atoms with Gasteiger partial charge in [-0.05, 0) is 30.3 Å². The minimum Gasteiger partial charge on any atom is -0.493 e.